The average Bonchev–Trinajstić information content (AvgIpc) is 2.46. The molecule has 1 amide bonds. The van der Waals surface area contributed by atoms with Gasteiger partial charge in [-0.1, -0.05) is 45.2 Å². The lowest BCUT2D eigenvalue weighted by Gasteiger charge is -2.08. The van der Waals surface area contributed by atoms with Gasteiger partial charge < -0.3 is 5.32 Å². The molecule has 0 spiro atoms. The van der Waals surface area contributed by atoms with Crippen molar-refractivity contribution in [2.45, 2.75) is 12.7 Å². The SMILES string of the molecule is Cc1cc(NC(=O)CSCc2c(Cl)cccc2Cl)ccc1Br. The van der Waals surface area contributed by atoms with Crippen LogP contribution >= 0.6 is 50.9 Å². The Morgan fingerprint density at radius 2 is 1.91 bits per heavy atom. The van der Waals surface area contributed by atoms with E-state index in [1.165, 1.54) is 11.8 Å². The summed E-state index contributed by atoms with van der Waals surface area (Å²) < 4.78 is 1.02. The van der Waals surface area contributed by atoms with Gasteiger partial charge in [0.1, 0.15) is 0 Å². The zero-order chi connectivity index (χ0) is 16.1. The maximum absolute atomic E-state index is 12.0. The highest BCUT2D eigenvalue weighted by Gasteiger charge is 2.08. The Labute approximate surface area is 152 Å². The predicted molar refractivity (Wildman–Crippen MR) is 100 cm³/mol. The Morgan fingerprint density at radius 1 is 1.23 bits per heavy atom. The van der Waals surface area contributed by atoms with Crippen LogP contribution in [0.5, 0.6) is 0 Å². The van der Waals surface area contributed by atoms with Crippen LogP contribution in [-0.2, 0) is 10.5 Å². The van der Waals surface area contributed by atoms with Gasteiger partial charge >= 0.3 is 0 Å². The summed E-state index contributed by atoms with van der Waals surface area (Å²) in [6.07, 6.45) is 0. The maximum Gasteiger partial charge on any atom is 0.234 e. The topological polar surface area (TPSA) is 29.1 Å². The molecule has 0 saturated heterocycles. The highest BCUT2D eigenvalue weighted by Crippen LogP contribution is 2.28. The van der Waals surface area contributed by atoms with E-state index in [0.29, 0.717) is 21.6 Å². The smallest absolute Gasteiger partial charge is 0.234 e. The first kappa shape index (κ1) is 17.7. The van der Waals surface area contributed by atoms with E-state index in [-0.39, 0.29) is 5.91 Å². The Hall–Kier alpha value is -0.680. The fraction of sp³-hybridized carbons (Fsp3) is 0.188. The van der Waals surface area contributed by atoms with E-state index in [1.54, 1.807) is 18.2 Å². The van der Waals surface area contributed by atoms with Crippen molar-refractivity contribution in [3.63, 3.8) is 0 Å². The largest absolute Gasteiger partial charge is 0.325 e. The third kappa shape index (κ3) is 4.92. The number of hydrogen-bond donors (Lipinski definition) is 1. The maximum atomic E-state index is 12.0. The number of rotatable bonds is 5. The molecule has 0 saturated carbocycles. The predicted octanol–water partition coefficient (Wildman–Crippen LogP) is 5.94. The molecule has 0 heterocycles. The summed E-state index contributed by atoms with van der Waals surface area (Å²) in [7, 11) is 0. The van der Waals surface area contributed by atoms with Gasteiger partial charge in [-0.15, -0.1) is 11.8 Å². The molecular formula is C16H14BrCl2NOS. The molecule has 6 heteroatoms. The summed E-state index contributed by atoms with van der Waals surface area (Å²) in [5, 5.41) is 4.14. The summed E-state index contributed by atoms with van der Waals surface area (Å²) in [4.78, 5) is 12.0. The number of nitrogens with one attached hydrogen (secondary N) is 1. The molecule has 0 unspecified atom stereocenters. The molecular weight excluding hydrogens is 405 g/mol. The summed E-state index contributed by atoms with van der Waals surface area (Å²) >= 11 is 17.1. The highest BCUT2D eigenvalue weighted by atomic mass is 79.9. The molecule has 116 valence electrons. The number of aryl methyl sites for hydroxylation is 1. The van der Waals surface area contributed by atoms with Crippen molar-refractivity contribution >= 4 is 62.5 Å². The minimum Gasteiger partial charge on any atom is -0.325 e. The number of halogens is 3. The number of anilines is 1. The van der Waals surface area contributed by atoms with Gasteiger partial charge in [-0.25, -0.2) is 0 Å². The minimum atomic E-state index is -0.0464. The second-order valence-corrected chi connectivity index (χ2v) is 7.36. The number of benzene rings is 2. The fourth-order valence-electron chi connectivity index (χ4n) is 1.84. The standard InChI is InChI=1S/C16H14BrCl2NOS/c1-10-7-11(5-6-13(10)17)20-16(21)9-22-8-12-14(18)3-2-4-15(12)19/h2-7H,8-9H2,1H3,(H,20,21). The first-order chi connectivity index (χ1) is 10.5. The van der Waals surface area contributed by atoms with E-state index in [1.807, 2.05) is 25.1 Å². The van der Waals surface area contributed by atoms with E-state index in [9.17, 15) is 4.79 Å². The summed E-state index contributed by atoms with van der Waals surface area (Å²) in [6, 6.07) is 11.1. The Morgan fingerprint density at radius 3 is 2.55 bits per heavy atom. The monoisotopic (exact) mass is 417 g/mol. The molecule has 2 rings (SSSR count). The van der Waals surface area contributed by atoms with Crippen molar-refractivity contribution in [2.24, 2.45) is 0 Å². The molecule has 0 aliphatic rings. The van der Waals surface area contributed by atoms with Crippen LogP contribution in [0.4, 0.5) is 5.69 Å². The normalized spacial score (nSPS) is 10.5. The second kappa shape index (κ2) is 8.25. The minimum absolute atomic E-state index is 0.0464. The number of thioether (sulfide) groups is 1. The van der Waals surface area contributed by atoms with Crippen molar-refractivity contribution < 1.29 is 4.79 Å². The van der Waals surface area contributed by atoms with Crippen LogP contribution < -0.4 is 5.32 Å². The van der Waals surface area contributed by atoms with Crippen molar-refractivity contribution in [3.8, 4) is 0 Å². The molecule has 0 radical (unpaired) electrons. The lowest BCUT2D eigenvalue weighted by molar-refractivity contribution is -0.113. The van der Waals surface area contributed by atoms with E-state index >= 15 is 0 Å². The van der Waals surface area contributed by atoms with Crippen LogP contribution in [0.1, 0.15) is 11.1 Å². The van der Waals surface area contributed by atoms with Gasteiger partial charge in [-0.2, -0.15) is 0 Å². The van der Waals surface area contributed by atoms with E-state index in [2.05, 4.69) is 21.2 Å². The molecule has 2 nitrogen and oxygen atoms in total. The zero-order valence-corrected chi connectivity index (χ0v) is 15.7. The van der Waals surface area contributed by atoms with E-state index < -0.39 is 0 Å². The number of carbonyl (C=O) groups is 1. The first-order valence-electron chi connectivity index (χ1n) is 6.54. The van der Waals surface area contributed by atoms with E-state index in [4.69, 9.17) is 23.2 Å². The van der Waals surface area contributed by atoms with Gasteiger partial charge in [-0.05, 0) is 48.4 Å². The Bertz CT molecular complexity index is 674. The van der Waals surface area contributed by atoms with Crippen LogP contribution in [0.15, 0.2) is 40.9 Å². The van der Waals surface area contributed by atoms with Crippen molar-refractivity contribution in [1.29, 1.82) is 0 Å². The third-order valence-electron chi connectivity index (χ3n) is 2.98. The summed E-state index contributed by atoms with van der Waals surface area (Å²) in [6.45, 7) is 1.98. The van der Waals surface area contributed by atoms with Crippen LogP contribution in [0.25, 0.3) is 0 Å². The van der Waals surface area contributed by atoms with Crippen molar-refractivity contribution in [3.05, 3.63) is 62.0 Å². The van der Waals surface area contributed by atoms with Gasteiger partial charge in [0, 0.05) is 26.0 Å². The van der Waals surface area contributed by atoms with Gasteiger partial charge in [0.15, 0.2) is 0 Å². The lowest BCUT2D eigenvalue weighted by Crippen LogP contribution is -2.14. The number of amides is 1. The number of carbonyl (C=O) groups excluding carboxylic acids is 1. The van der Waals surface area contributed by atoms with Gasteiger partial charge in [-0.3, -0.25) is 4.79 Å². The second-order valence-electron chi connectivity index (χ2n) is 4.71. The average molecular weight is 419 g/mol. The third-order valence-corrected chi connectivity index (χ3v) is 5.54. The first-order valence-corrected chi connectivity index (χ1v) is 9.24. The molecule has 0 bridgehead atoms. The molecule has 22 heavy (non-hydrogen) atoms. The molecule has 0 aliphatic heterocycles. The quantitative estimate of drug-likeness (QED) is 0.651. The van der Waals surface area contributed by atoms with Crippen LogP contribution in [0, 0.1) is 6.92 Å². The fourth-order valence-corrected chi connectivity index (χ4v) is 3.65. The number of hydrogen-bond acceptors (Lipinski definition) is 2. The molecule has 1 N–H and O–H groups in total. The van der Waals surface area contributed by atoms with Crippen molar-refractivity contribution in [1.82, 2.24) is 0 Å². The molecule has 2 aromatic rings. The van der Waals surface area contributed by atoms with Gasteiger partial charge in [0.25, 0.3) is 0 Å². The summed E-state index contributed by atoms with van der Waals surface area (Å²) in [5.41, 5.74) is 2.73. The van der Waals surface area contributed by atoms with Crippen molar-refractivity contribution in [2.75, 3.05) is 11.1 Å². The zero-order valence-electron chi connectivity index (χ0n) is 11.8. The van der Waals surface area contributed by atoms with Crippen LogP contribution in [-0.4, -0.2) is 11.7 Å². The van der Waals surface area contributed by atoms with Gasteiger partial charge in [0.05, 0.1) is 5.75 Å². The van der Waals surface area contributed by atoms with E-state index in [0.717, 1.165) is 21.3 Å². The Kier molecular flexibility index (Phi) is 6.63. The molecule has 0 fully saturated rings. The van der Waals surface area contributed by atoms with Crippen LogP contribution in [0.2, 0.25) is 10.0 Å². The Balaban J connectivity index is 1.86. The molecule has 0 atom stereocenters. The lowest BCUT2D eigenvalue weighted by atomic mass is 10.2. The molecule has 0 aliphatic carbocycles. The highest BCUT2D eigenvalue weighted by molar-refractivity contribution is 9.10. The van der Waals surface area contributed by atoms with Gasteiger partial charge in [0.2, 0.25) is 5.91 Å². The van der Waals surface area contributed by atoms with Crippen LogP contribution in [0.3, 0.4) is 0 Å². The molecule has 0 aromatic heterocycles. The molecule has 2 aromatic carbocycles. The summed E-state index contributed by atoms with van der Waals surface area (Å²) in [5.74, 6) is 0.900.